The Morgan fingerprint density at radius 2 is 2.24 bits per heavy atom. The highest BCUT2D eigenvalue weighted by atomic mass is 16.5. The lowest BCUT2D eigenvalue weighted by atomic mass is 10.1. The molecule has 3 heterocycles. The predicted molar refractivity (Wildman–Crippen MR) is 89.7 cm³/mol. The van der Waals surface area contributed by atoms with E-state index in [1.165, 1.54) is 6.07 Å². The van der Waals surface area contributed by atoms with Crippen LogP contribution in [0.15, 0.2) is 23.1 Å². The lowest BCUT2D eigenvalue weighted by Crippen LogP contribution is -2.37. The molecule has 1 saturated heterocycles. The molecule has 4 rings (SSSR count). The van der Waals surface area contributed by atoms with E-state index in [9.17, 15) is 9.59 Å². The maximum Gasteiger partial charge on any atom is 0.264 e. The molecule has 1 aliphatic carbocycles. The van der Waals surface area contributed by atoms with Crippen LogP contribution in [0.1, 0.15) is 35.3 Å². The Labute approximate surface area is 144 Å². The SMILES string of the molecule is Cc1c(C(=O)N(CC2CCOC2)C2CC2)cnn1-c1ccc(=O)[nH]n1. The Bertz CT molecular complexity index is 813. The second kappa shape index (κ2) is 6.44. The fraction of sp³-hybridized carbons (Fsp3) is 0.529. The molecule has 25 heavy (non-hydrogen) atoms. The van der Waals surface area contributed by atoms with Gasteiger partial charge in [0.15, 0.2) is 5.82 Å². The van der Waals surface area contributed by atoms with E-state index in [-0.39, 0.29) is 11.5 Å². The number of rotatable bonds is 5. The van der Waals surface area contributed by atoms with Crippen LogP contribution in [0, 0.1) is 12.8 Å². The maximum absolute atomic E-state index is 13.1. The van der Waals surface area contributed by atoms with Crippen molar-refractivity contribution in [1.29, 1.82) is 0 Å². The summed E-state index contributed by atoms with van der Waals surface area (Å²) < 4.78 is 7.02. The van der Waals surface area contributed by atoms with Crippen molar-refractivity contribution in [3.63, 3.8) is 0 Å². The number of amides is 1. The van der Waals surface area contributed by atoms with E-state index in [0.717, 1.165) is 44.7 Å². The molecule has 8 heteroatoms. The van der Waals surface area contributed by atoms with Crippen LogP contribution < -0.4 is 5.56 Å². The van der Waals surface area contributed by atoms with E-state index in [1.807, 2.05) is 11.8 Å². The van der Waals surface area contributed by atoms with Gasteiger partial charge in [0.25, 0.3) is 11.5 Å². The van der Waals surface area contributed by atoms with Gasteiger partial charge in [-0.1, -0.05) is 0 Å². The molecule has 0 spiro atoms. The van der Waals surface area contributed by atoms with Crippen LogP contribution in [-0.4, -0.2) is 56.6 Å². The van der Waals surface area contributed by atoms with Gasteiger partial charge in [0.05, 0.1) is 24.1 Å². The smallest absolute Gasteiger partial charge is 0.264 e. The van der Waals surface area contributed by atoms with Gasteiger partial charge in [0.1, 0.15) is 0 Å². The van der Waals surface area contributed by atoms with Crippen LogP contribution in [-0.2, 0) is 4.74 Å². The predicted octanol–water partition coefficient (Wildman–Crippen LogP) is 0.905. The first kappa shape index (κ1) is 16.0. The summed E-state index contributed by atoms with van der Waals surface area (Å²) >= 11 is 0. The molecule has 1 aliphatic heterocycles. The fourth-order valence-corrected chi connectivity index (χ4v) is 3.25. The molecular weight excluding hydrogens is 322 g/mol. The highest BCUT2D eigenvalue weighted by molar-refractivity contribution is 5.95. The van der Waals surface area contributed by atoms with Crippen molar-refractivity contribution in [2.45, 2.75) is 32.2 Å². The number of nitrogens with one attached hydrogen (secondary N) is 1. The topological polar surface area (TPSA) is 93.1 Å². The zero-order chi connectivity index (χ0) is 17.4. The summed E-state index contributed by atoms with van der Waals surface area (Å²) in [7, 11) is 0. The zero-order valence-electron chi connectivity index (χ0n) is 14.1. The monoisotopic (exact) mass is 343 g/mol. The Balaban J connectivity index is 1.58. The van der Waals surface area contributed by atoms with Crippen LogP contribution >= 0.6 is 0 Å². The van der Waals surface area contributed by atoms with Crippen molar-refractivity contribution in [2.24, 2.45) is 5.92 Å². The zero-order valence-corrected chi connectivity index (χ0v) is 14.1. The standard InChI is InChI=1S/C17H21N5O3/c1-11-14(8-18-22(11)15-4-5-16(23)20-19-15)17(24)21(13-2-3-13)9-12-6-7-25-10-12/h4-5,8,12-13H,2-3,6-7,9-10H2,1H3,(H,20,23). The number of carbonyl (C=O) groups is 1. The van der Waals surface area contributed by atoms with Crippen LogP contribution in [0.25, 0.3) is 5.82 Å². The molecule has 1 N–H and O–H groups in total. The first-order chi connectivity index (χ1) is 12.1. The summed E-state index contributed by atoms with van der Waals surface area (Å²) in [5, 5.41) is 10.7. The van der Waals surface area contributed by atoms with Crippen LogP contribution in [0.5, 0.6) is 0 Å². The van der Waals surface area contributed by atoms with E-state index in [4.69, 9.17) is 4.74 Å². The fourth-order valence-electron chi connectivity index (χ4n) is 3.25. The normalized spacial score (nSPS) is 20.0. The number of hydrogen-bond acceptors (Lipinski definition) is 5. The molecule has 1 saturated carbocycles. The molecule has 0 aromatic carbocycles. The minimum Gasteiger partial charge on any atom is -0.381 e. The molecule has 1 unspecified atom stereocenters. The van der Waals surface area contributed by atoms with Crippen LogP contribution in [0.3, 0.4) is 0 Å². The first-order valence-corrected chi connectivity index (χ1v) is 8.63. The summed E-state index contributed by atoms with van der Waals surface area (Å²) in [5.41, 5.74) is 1.03. The van der Waals surface area contributed by atoms with Gasteiger partial charge < -0.3 is 9.64 Å². The molecule has 8 nitrogen and oxygen atoms in total. The quantitative estimate of drug-likeness (QED) is 0.871. The van der Waals surface area contributed by atoms with Gasteiger partial charge in [-0.05, 0) is 32.3 Å². The molecule has 2 aliphatic rings. The van der Waals surface area contributed by atoms with E-state index in [2.05, 4.69) is 15.3 Å². The molecule has 132 valence electrons. The Kier molecular flexibility index (Phi) is 4.12. The van der Waals surface area contributed by atoms with Crippen molar-refractivity contribution < 1.29 is 9.53 Å². The number of hydrogen-bond donors (Lipinski definition) is 1. The lowest BCUT2D eigenvalue weighted by Gasteiger charge is -2.25. The molecule has 1 atom stereocenters. The number of carbonyl (C=O) groups excluding carboxylic acids is 1. The summed E-state index contributed by atoms with van der Waals surface area (Å²) in [6, 6.07) is 3.31. The van der Waals surface area contributed by atoms with Gasteiger partial charge >= 0.3 is 0 Å². The Hall–Kier alpha value is -2.48. The van der Waals surface area contributed by atoms with E-state index in [0.29, 0.717) is 23.3 Å². The number of aromatic amines is 1. The largest absolute Gasteiger partial charge is 0.381 e. The van der Waals surface area contributed by atoms with E-state index in [1.54, 1.807) is 16.9 Å². The molecule has 2 fully saturated rings. The van der Waals surface area contributed by atoms with Gasteiger partial charge in [-0.15, -0.1) is 0 Å². The summed E-state index contributed by atoms with van der Waals surface area (Å²) in [6.07, 6.45) is 4.73. The Morgan fingerprint density at radius 1 is 1.40 bits per heavy atom. The Morgan fingerprint density at radius 3 is 2.88 bits per heavy atom. The van der Waals surface area contributed by atoms with E-state index < -0.39 is 0 Å². The molecule has 2 aromatic rings. The second-order valence-electron chi connectivity index (χ2n) is 6.75. The third kappa shape index (κ3) is 3.21. The first-order valence-electron chi connectivity index (χ1n) is 8.63. The van der Waals surface area contributed by atoms with Crippen molar-refractivity contribution in [2.75, 3.05) is 19.8 Å². The summed E-state index contributed by atoms with van der Waals surface area (Å²) in [6.45, 7) is 4.10. The van der Waals surface area contributed by atoms with Gasteiger partial charge in [-0.25, -0.2) is 9.78 Å². The van der Waals surface area contributed by atoms with Crippen LogP contribution in [0.4, 0.5) is 0 Å². The van der Waals surface area contributed by atoms with Gasteiger partial charge in [-0.2, -0.15) is 10.2 Å². The minimum atomic E-state index is -0.274. The minimum absolute atomic E-state index is 0.0163. The van der Waals surface area contributed by atoms with Gasteiger partial charge in [0, 0.05) is 31.2 Å². The molecule has 2 aromatic heterocycles. The number of H-pyrrole nitrogens is 1. The highest BCUT2D eigenvalue weighted by Gasteiger charge is 2.36. The average Bonchev–Trinajstić information content (AvgIpc) is 3.18. The van der Waals surface area contributed by atoms with Gasteiger partial charge in [0.2, 0.25) is 0 Å². The molecule has 0 bridgehead atoms. The molecule has 0 radical (unpaired) electrons. The van der Waals surface area contributed by atoms with Crippen molar-refractivity contribution in [1.82, 2.24) is 24.9 Å². The highest BCUT2D eigenvalue weighted by Crippen LogP contribution is 2.31. The van der Waals surface area contributed by atoms with Crippen molar-refractivity contribution in [3.05, 3.63) is 39.9 Å². The van der Waals surface area contributed by atoms with Gasteiger partial charge in [-0.3, -0.25) is 9.59 Å². The summed E-state index contributed by atoms with van der Waals surface area (Å²) in [4.78, 5) is 26.2. The third-order valence-electron chi connectivity index (χ3n) is 4.85. The number of aromatic nitrogens is 4. The molecular formula is C17H21N5O3. The number of nitrogens with zero attached hydrogens (tertiary/aromatic N) is 4. The summed E-state index contributed by atoms with van der Waals surface area (Å²) in [5.74, 6) is 0.918. The van der Waals surface area contributed by atoms with Crippen molar-refractivity contribution in [3.8, 4) is 5.82 Å². The average molecular weight is 343 g/mol. The third-order valence-corrected chi connectivity index (χ3v) is 4.85. The van der Waals surface area contributed by atoms with Crippen LogP contribution in [0.2, 0.25) is 0 Å². The van der Waals surface area contributed by atoms with E-state index >= 15 is 0 Å². The lowest BCUT2D eigenvalue weighted by molar-refractivity contribution is 0.0705. The van der Waals surface area contributed by atoms with Crippen molar-refractivity contribution >= 4 is 5.91 Å². The number of ether oxygens (including phenoxy) is 1. The molecule has 1 amide bonds. The maximum atomic E-state index is 13.1. The second-order valence-corrected chi connectivity index (χ2v) is 6.75.